The maximum atomic E-state index is 11.0. The third-order valence-electron chi connectivity index (χ3n) is 7.33. The van der Waals surface area contributed by atoms with Crippen LogP contribution in [0.3, 0.4) is 0 Å². The second-order valence-electron chi connectivity index (χ2n) is 10.8. The lowest BCUT2D eigenvalue weighted by molar-refractivity contribution is -0.134. The van der Waals surface area contributed by atoms with Crippen LogP contribution in [-0.2, 0) is 36.0 Å². The molecule has 47 heavy (non-hydrogen) atoms. The van der Waals surface area contributed by atoms with Gasteiger partial charge in [-0.2, -0.15) is 14.8 Å². The quantitative estimate of drug-likeness (QED) is 0.114. The first-order chi connectivity index (χ1) is 22.7. The number of aryl methyl sites for hydroxylation is 2. The van der Waals surface area contributed by atoms with Gasteiger partial charge in [0.2, 0.25) is 11.8 Å². The van der Waals surface area contributed by atoms with Gasteiger partial charge in [0, 0.05) is 39.7 Å². The third-order valence-corrected chi connectivity index (χ3v) is 7.33. The molecule has 18 heteroatoms. The Morgan fingerprint density at radius 2 is 1.85 bits per heavy atom. The molecule has 18 nitrogen and oxygen atoms in total. The van der Waals surface area contributed by atoms with Crippen LogP contribution >= 0.6 is 0 Å². The first kappa shape index (κ1) is 33.3. The summed E-state index contributed by atoms with van der Waals surface area (Å²) in [7, 11) is 1.91. The van der Waals surface area contributed by atoms with Crippen molar-refractivity contribution in [2.75, 3.05) is 30.0 Å². The molecule has 250 valence electrons. The fraction of sp³-hybridized carbons (Fsp3) is 0.448. The molecule has 5 aromatic rings. The standard InChI is InChI=1S/C27H34N12O4.C2H4O2/c1-3-39-34-23(33-35-39)22-20(41)21(42)26(43-22)38-15-30-19-24(37(16-40)12-10-17-7-5-4-6-8-17)31-27(32-25(19)38)28-11-9-18-13-36(2)14-29-18;1-2(3)4/h4-8,13-15,20-22,26,40-42H,3,9-12,16H2,1-2H3,(H,28,31,32);1H3,(H,3,4)/t20-,21+,22-,26+;/m0./s1. The Labute approximate surface area is 269 Å². The molecule has 4 atom stereocenters. The zero-order valence-electron chi connectivity index (χ0n) is 26.2. The lowest BCUT2D eigenvalue weighted by atomic mass is 10.1. The van der Waals surface area contributed by atoms with E-state index in [4.69, 9.17) is 24.6 Å². The number of hydrogen-bond acceptors (Lipinski definition) is 14. The topological polar surface area (TPSA) is 228 Å². The maximum absolute atomic E-state index is 11.0. The molecule has 0 amide bonds. The number of benzene rings is 1. The Morgan fingerprint density at radius 1 is 1.09 bits per heavy atom. The Hall–Kier alpha value is -5.04. The van der Waals surface area contributed by atoms with Gasteiger partial charge >= 0.3 is 0 Å². The minimum Gasteiger partial charge on any atom is -0.481 e. The number of imidazole rings is 2. The second-order valence-corrected chi connectivity index (χ2v) is 10.8. The molecule has 1 aliphatic rings. The predicted molar refractivity (Wildman–Crippen MR) is 167 cm³/mol. The third kappa shape index (κ3) is 7.86. The van der Waals surface area contributed by atoms with E-state index < -0.39 is 30.5 Å². The number of hydrogen-bond donors (Lipinski definition) is 5. The molecule has 5 N–H and O–H groups in total. The summed E-state index contributed by atoms with van der Waals surface area (Å²) in [4.78, 5) is 30.5. The lowest BCUT2D eigenvalue weighted by Gasteiger charge is -2.22. The molecule has 1 fully saturated rings. The Bertz CT molecular complexity index is 1750. The number of aliphatic hydroxyl groups is 3. The SMILES string of the molecule is CC(=O)O.CCn1nnc([C@H]2O[C@@H](n3cnc4c(N(CO)CCc5ccccc5)nc(NCCc5cn(C)cn5)nc43)[C@H](O)[C@@H]2O)n1. The number of carbonyl (C=O) groups is 1. The average molecular weight is 651 g/mol. The number of aliphatic carboxylic acids is 1. The van der Waals surface area contributed by atoms with Crippen LogP contribution in [0.5, 0.6) is 0 Å². The number of ether oxygens (including phenoxy) is 1. The number of fused-ring (bicyclic) bond motifs is 1. The molecule has 1 saturated heterocycles. The van der Waals surface area contributed by atoms with E-state index in [1.54, 1.807) is 15.8 Å². The van der Waals surface area contributed by atoms with Crippen LogP contribution in [0, 0.1) is 0 Å². The zero-order valence-corrected chi connectivity index (χ0v) is 26.2. The Morgan fingerprint density at radius 3 is 2.51 bits per heavy atom. The van der Waals surface area contributed by atoms with E-state index in [0.29, 0.717) is 55.4 Å². The van der Waals surface area contributed by atoms with Gasteiger partial charge in [-0.05, 0) is 24.1 Å². The largest absolute Gasteiger partial charge is 0.481 e. The van der Waals surface area contributed by atoms with Crippen molar-refractivity contribution < 1.29 is 30.0 Å². The van der Waals surface area contributed by atoms with E-state index >= 15 is 0 Å². The molecular formula is C29H38N12O6. The van der Waals surface area contributed by atoms with Crippen molar-refractivity contribution in [1.29, 1.82) is 0 Å². The Balaban J connectivity index is 0.00000103. The number of anilines is 2. The van der Waals surface area contributed by atoms with Gasteiger partial charge in [-0.15, -0.1) is 10.2 Å². The first-order valence-corrected chi connectivity index (χ1v) is 15.0. The van der Waals surface area contributed by atoms with Gasteiger partial charge in [-0.25, -0.2) is 9.97 Å². The highest BCUT2D eigenvalue weighted by atomic mass is 16.6. The highest BCUT2D eigenvalue weighted by Gasteiger charge is 2.47. The number of aromatic nitrogens is 10. The fourth-order valence-electron chi connectivity index (χ4n) is 5.04. The van der Waals surface area contributed by atoms with E-state index in [-0.39, 0.29) is 12.6 Å². The summed E-state index contributed by atoms with van der Waals surface area (Å²) in [6, 6.07) is 9.96. The number of aliphatic hydroxyl groups excluding tert-OH is 3. The second kappa shape index (κ2) is 15.0. The Kier molecular flexibility index (Phi) is 10.7. The number of rotatable bonds is 12. The summed E-state index contributed by atoms with van der Waals surface area (Å²) in [5.74, 6) is 0.0509. The number of nitrogens with one attached hydrogen (secondary N) is 1. The average Bonchev–Trinajstić information content (AvgIpc) is 3.85. The molecule has 0 unspecified atom stereocenters. The molecule has 1 aromatic carbocycles. The highest BCUT2D eigenvalue weighted by Crippen LogP contribution is 2.39. The number of carboxylic acids is 1. The van der Waals surface area contributed by atoms with E-state index in [9.17, 15) is 15.3 Å². The van der Waals surface area contributed by atoms with Crippen molar-refractivity contribution in [1.82, 2.24) is 49.3 Å². The van der Waals surface area contributed by atoms with Crippen LogP contribution in [0.25, 0.3) is 11.2 Å². The predicted octanol–water partition coefficient (Wildman–Crippen LogP) is 0.303. The van der Waals surface area contributed by atoms with Gasteiger partial charge in [0.1, 0.15) is 18.9 Å². The van der Waals surface area contributed by atoms with Crippen molar-refractivity contribution in [3.8, 4) is 0 Å². The monoisotopic (exact) mass is 650 g/mol. The molecule has 4 aromatic heterocycles. The van der Waals surface area contributed by atoms with Crippen molar-refractivity contribution >= 4 is 28.9 Å². The lowest BCUT2D eigenvalue weighted by Crippen LogP contribution is -2.30. The smallest absolute Gasteiger partial charge is 0.300 e. The summed E-state index contributed by atoms with van der Waals surface area (Å²) in [5.41, 5.74) is 2.78. The molecule has 6 rings (SSSR count). The molecule has 0 aliphatic carbocycles. The van der Waals surface area contributed by atoms with E-state index in [2.05, 4.69) is 30.7 Å². The molecule has 0 bridgehead atoms. The summed E-state index contributed by atoms with van der Waals surface area (Å²) in [5, 5.41) is 55.1. The van der Waals surface area contributed by atoms with Gasteiger partial charge in [0.25, 0.3) is 5.97 Å². The molecule has 0 spiro atoms. The van der Waals surface area contributed by atoms with Crippen LogP contribution in [0.4, 0.5) is 11.8 Å². The molecule has 0 radical (unpaired) electrons. The molecular weight excluding hydrogens is 612 g/mol. The van der Waals surface area contributed by atoms with Crippen LogP contribution in [0.2, 0.25) is 0 Å². The van der Waals surface area contributed by atoms with Gasteiger partial charge < -0.3 is 39.9 Å². The minimum absolute atomic E-state index is 0.167. The molecule has 0 saturated carbocycles. The van der Waals surface area contributed by atoms with Gasteiger partial charge in [-0.1, -0.05) is 30.3 Å². The van der Waals surface area contributed by atoms with Gasteiger partial charge in [0.15, 0.2) is 29.3 Å². The van der Waals surface area contributed by atoms with Crippen LogP contribution < -0.4 is 10.2 Å². The zero-order chi connectivity index (χ0) is 33.5. The molecule has 5 heterocycles. The number of tetrazole rings is 1. The van der Waals surface area contributed by atoms with Gasteiger partial charge in [0.05, 0.1) is 24.9 Å². The summed E-state index contributed by atoms with van der Waals surface area (Å²) >= 11 is 0. The van der Waals surface area contributed by atoms with Gasteiger partial charge in [-0.3, -0.25) is 9.36 Å². The van der Waals surface area contributed by atoms with E-state index in [0.717, 1.165) is 18.2 Å². The first-order valence-electron chi connectivity index (χ1n) is 15.0. The van der Waals surface area contributed by atoms with Crippen molar-refractivity contribution in [3.63, 3.8) is 0 Å². The minimum atomic E-state index is -1.33. The summed E-state index contributed by atoms with van der Waals surface area (Å²) < 4.78 is 9.52. The van der Waals surface area contributed by atoms with Crippen molar-refractivity contribution in [3.05, 3.63) is 66.3 Å². The van der Waals surface area contributed by atoms with E-state index in [1.165, 1.54) is 11.1 Å². The van der Waals surface area contributed by atoms with Crippen LogP contribution in [0.1, 0.15) is 43.3 Å². The van der Waals surface area contributed by atoms with Crippen molar-refractivity contribution in [2.24, 2.45) is 7.05 Å². The highest BCUT2D eigenvalue weighted by molar-refractivity contribution is 5.85. The summed E-state index contributed by atoms with van der Waals surface area (Å²) in [6.45, 7) is 4.11. The van der Waals surface area contributed by atoms with E-state index in [1.807, 2.05) is 55.1 Å². The number of carboxylic acid groups (broad SMARTS) is 1. The summed E-state index contributed by atoms with van der Waals surface area (Å²) in [6.07, 6.45) is 1.77. The van der Waals surface area contributed by atoms with Crippen molar-refractivity contribution in [2.45, 2.75) is 57.8 Å². The van der Waals surface area contributed by atoms with Crippen LogP contribution in [-0.4, -0.2) is 108 Å². The van der Waals surface area contributed by atoms with Crippen LogP contribution in [0.15, 0.2) is 49.2 Å². The maximum Gasteiger partial charge on any atom is 0.300 e. The number of nitrogens with zero attached hydrogens (tertiary/aromatic N) is 11. The fourth-order valence-corrected chi connectivity index (χ4v) is 5.04. The molecule has 1 aliphatic heterocycles. The normalized spacial score (nSPS) is 19.0.